The first-order valence-electron chi connectivity index (χ1n) is 5.89. The third-order valence-electron chi connectivity index (χ3n) is 3.59. The van der Waals surface area contributed by atoms with E-state index in [1.54, 1.807) is 0 Å². The lowest BCUT2D eigenvalue weighted by Gasteiger charge is -2.33. The molecule has 2 N–H and O–H groups in total. The minimum absolute atomic E-state index is 0.434. The highest BCUT2D eigenvalue weighted by atomic mass is 15.3. The number of nitrogen functional groups attached to an aromatic ring is 1. The molecule has 3 nitrogen and oxygen atoms in total. The standard InChI is InChI=1S/C12H21N3/c1-10-11(13)8-15(14-10)9-12(2)6-4-3-5-7-12/h8H,3-7,9,13H2,1-2H3. The zero-order valence-corrected chi connectivity index (χ0v) is 9.79. The zero-order chi connectivity index (χ0) is 10.9. The molecule has 84 valence electrons. The first-order chi connectivity index (χ1) is 7.09. The van der Waals surface area contributed by atoms with E-state index in [1.165, 1.54) is 32.1 Å². The Morgan fingerprint density at radius 1 is 1.40 bits per heavy atom. The number of hydrogen-bond acceptors (Lipinski definition) is 2. The molecular weight excluding hydrogens is 186 g/mol. The highest BCUT2D eigenvalue weighted by Gasteiger charge is 2.27. The van der Waals surface area contributed by atoms with Crippen LogP contribution in [-0.2, 0) is 6.54 Å². The van der Waals surface area contributed by atoms with Gasteiger partial charge in [0.2, 0.25) is 0 Å². The Bertz CT molecular complexity index is 315. The molecule has 0 saturated heterocycles. The summed E-state index contributed by atoms with van der Waals surface area (Å²) in [6.07, 6.45) is 8.75. The molecule has 1 aromatic heterocycles. The molecule has 0 bridgehead atoms. The van der Waals surface area contributed by atoms with E-state index in [9.17, 15) is 0 Å². The Kier molecular flexibility index (Phi) is 2.72. The number of rotatable bonds is 2. The first-order valence-corrected chi connectivity index (χ1v) is 5.89. The van der Waals surface area contributed by atoms with E-state index in [0.717, 1.165) is 17.9 Å². The number of aryl methyl sites for hydroxylation is 1. The van der Waals surface area contributed by atoms with E-state index >= 15 is 0 Å². The molecule has 0 unspecified atom stereocenters. The van der Waals surface area contributed by atoms with E-state index in [2.05, 4.69) is 12.0 Å². The third-order valence-corrected chi connectivity index (χ3v) is 3.59. The van der Waals surface area contributed by atoms with Crippen LogP contribution in [0.1, 0.15) is 44.7 Å². The maximum absolute atomic E-state index is 5.81. The minimum Gasteiger partial charge on any atom is -0.396 e. The monoisotopic (exact) mass is 207 g/mol. The summed E-state index contributed by atoms with van der Waals surface area (Å²) in [5.41, 5.74) is 8.01. The quantitative estimate of drug-likeness (QED) is 0.810. The predicted molar refractivity (Wildman–Crippen MR) is 62.6 cm³/mol. The first kappa shape index (κ1) is 10.5. The largest absolute Gasteiger partial charge is 0.396 e. The predicted octanol–water partition coefficient (Wildman–Crippen LogP) is 2.74. The number of anilines is 1. The molecule has 0 radical (unpaired) electrons. The van der Waals surface area contributed by atoms with Crippen molar-refractivity contribution in [2.45, 2.75) is 52.5 Å². The van der Waals surface area contributed by atoms with Crippen LogP contribution in [0.5, 0.6) is 0 Å². The summed E-state index contributed by atoms with van der Waals surface area (Å²) in [6, 6.07) is 0. The van der Waals surface area contributed by atoms with Gasteiger partial charge in [0.1, 0.15) is 0 Å². The Hall–Kier alpha value is -0.990. The maximum atomic E-state index is 5.81. The smallest absolute Gasteiger partial charge is 0.0822 e. The SMILES string of the molecule is Cc1nn(CC2(C)CCCCC2)cc1N. The second kappa shape index (κ2) is 3.87. The lowest BCUT2D eigenvalue weighted by Crippen LogP contribution is -2.26. The normalized spacial score (nSPS) is 20.4. The van der Waals surface area contributed by atoms with Gasteiger partial charge in [-0.2, -0.15) is 5.10 Å². The lowest BCUT2D eigenvalue weighted by atomic mass is 9.76. The number of nitrogens with two attached hydrogens (primary N) is 1. The topological polar surface area (TPSA) is 43.8 Å². The van der Waals surface area contributed by atoms with Gasteiger partial charge in [-0.3, -0.25) is 4.68 Å². The molecule has 1 fully saturated rings. The summed E-state index contributed by atoms with van der Waals surface area (Å²) in [5, 5.41) is 4.44. The molecule has 0 spiro atoms. The van der Waals surface area contributed by atoms with Crippen molar-refractivity contribution in [3.63, 3.8) is 0 Å². The van der Waals surface area contributed by atoms with Gasteiger partial charge in [-0.05, 0) is 25.2 Å². The fourth-order valence-corrected chi connectivity index (χ4v) is 2.57. The van der Waals surface area contributed by atoms with E-state index in [-0.39, 0.29) is 0 Å². The van der Waals surface area contributed by atoms with Gasteiger partial charge in [-0.25, -0.2) is 0 Å². The molecule has 1 aliphatic carbocycles. The molecule has 0 aliphatic heterocycles. The average Bonchev–Trinajstić information content (AvgIpc) is 2.46. The van der Waals surface area contributed by atoms with E-state index in [1.807, 2.05) is 17.8 Å². The van der Waals surface area contributed by atoms with Gasteiger partial charge in [-0.1, -0.05) is 26.2 Å². The third kappa shape index (κ3) is 2.33. The van der Waals surface area contributed by atoms with Crippen molar-refractivity contribution < 1.29 is 0 Å². The van der Waals surface area contributed by atoms with Crippen molar-refractivity contribution in [2.75, 3.05) is 5.73 Å². The summed E-state index contributed by atoms with van der Waals surface area (Å²) >= 11 is 0. The van der Waals surface area contributed by atoms with Crippen LogP contribution in [0, 0.1) is 12.3 Å². The summed E-state index contributed by atoms with van der Waals surface area (Å²) in [6.45, 7) is 5.36. The van der Waals surface area contributed by atoms with Crippen LogP contribution in [-0.4, -0.2) is 9.78 Å². The molecule has 1 aromatic rings. The molecule has 1 heterocycles. The number of aromatic nitrogens is 2. The zero-order valence-electron chi connectivity index (χ0n) is 9.79. The van der Waals surface area contributed by atoms with Gasteiger partial charge >= 0.3 is 0 Å². The Morgan fingerprint density at radius 3 is 2.60 bits per heavy atom. The molecule has 0 amide bonds. The van der Waals surface area contributed by atoms with Crippen LogP contribution in [0.15, 0.2) is 6.20 Å². The highest BCUT2D eigenvalue weighted by molar-refractivity contribution is 5.39. The molecule has 1 aliphatic rings. The Balaban J connectivity index is 2.06. The van der Waals surface area contributed by atoms with Crippen LogP contribution < -0.4 is 5.73 Å². The minimum atomic E-state index is 0.434. The molecule has 15 heavy (non-hydrogen) atoms. The molecule has 3 heteroatoms. The van der Waals surface area contributed by atoms with Gasteiger partial charge in [0.15, 0.2) is 0 Å². The van der Waals surface area contributed by atoms with Gasteiger partial charge in [0.25, 0.3) is 0 Å². The summed E-state index contributed by atoms with van der Waals surface area (Å²) in [5.74, 6) is 0. The maximum Gasteiger partial charge on any atom is 0.0822 e. The van der Waals surface area contributed by atoms with Crippen molar-refractivity contribution in [3.05, 3.63) is 11.9 Å². The van der Waals surface area contributed by atoms with Crippen molar-refractivity contribution in [3.8, 4) is 0 Å². The van der Waals surface area contributed by atoms with Crippen LogP contribution in [0.4, 0.5) is 5.69 Å². The van der Waals surface area contributed by atoms with E-state index in [0.29, 0.717) is 5.41 Å². The average molecular weight is 207 g/mol. The number of hydrogen-bond donors (Lipinski definition) is 1. The fraction of sp³-hybridized carbons (Fsp3) is 0.750. The van der Waals surface area contributed by atoms with Crippen LogP contribution in [0.25, 0.3) is 0 Å². The molecule has 1 saturated carbocycles. The molecular formula is C12H21N3. The van der Waals surface area contributed by atoms with Crippen molar-refractivity contribution in [1.82, 2.24) is 9.78 Å². The van der Waals surface area contributed by atoms with Gasteiger partial charge in [-0.15, -0.1) is 0 Å². The van der Waals surface area contributed by atoms with Gasteiger partial charge in [0, 0.05) is 12.7 Å². The van der Waals surface area contributed by atoms with Crippen molar-refractivity contribution >= 4 is 5.69 Å². The highest BCUT2D eigenvalue weighted by Crippen LogP contribution is 2.37. The summed E-state index contributed by atoms with van der Waals surface area (Å²) < 4.78 is 2.02. The summed E-state index contributed by atoms with van der Waals surface area (Å²) in [4.78, 5) is 0. The lowest BCUT2D eigenvalue weighted by molar-refractivity contribution is 0.175. The van der Waals surface area contributed by atoms with Crippen LogP contribution in [0.2, 0.25) is 0 Å². The molecule has 0 atom stereocenters. The number of nitrogens with zero attached hydrogens (tertiary/aromatic N) is 2. The molecule has 0 aromatic carbocycles. The van der Waals surface area contributed by atoms with Crippen molar-refractivity contribution in [2.24, 2.45) is 5.41 Å². The van der Waals surface area contributed by atoms with Crippen LogP contribution >= 0.6 is 0 Å². The second-order valence-electron chi connectivity index (χ2n) is 5.24. The molecule has 2 rings (SSSR count). The van der Waals surface area contributed by atoms with Crippen molar-refractivity contribution in [1.29, 1.82) is 0 Å². The Labute approximate surface area is 91.7 Å². The van der Waals surface area contributed by atoms with Gasteiger partial charge in [0.05, 0.1) is 11.4 Å². The fourth-order valence-electron chi connectivity index (χ4n) is 2.57. The van der Waals surface area contributed by atoms with Crippen LogP contribution in [0.3, 0.4) is 0 Å². The second-order valence-corrected chi connectivity index (χ2v) is 5.24. The summed E-state index contributed by atoms with van der Waals surface area (Å²) in [7, 11) is 0. The van der Waals surface area contributed by atoms with Gasteiger partial charge < -0.3 is 5.73 Å². The van der Waals surface area contributed by atoms with E-state index < -0.39 is 0 Å². The van der Waals surface area contributed by atoms with E-state index in [4.69, 9.17) is 5.73 Å². The Morgan fingerprint density at radius 2 is 2.07 bits per heavy atom.